The summed E-state index contributed by atoms with van der Waals surface area (Å²) in [7, 11) is 0. The van der Waals surface area contributed by atoms with Gasteiger partial charge in [0.2, 0.25) is 5.91 Å². The van der Waals surface area contributed by atoms with Gasteiger partial charge in [-0.1, -0.05) is 25.1 Å². The summed E-state index contributed by atoms with van der Waals surface area (Å²) in [5.74, 6) is -0.762. The first kappa shape index (κ1) is 16.1. The molecular formula is C15H17N3O3S. The molecule has 0 aliphatic heterocycles. The number of nitrogens with zero attached hydrogens (tertiary/aromatic N) is 2. The van der Waals surface area contributed by atoms with Crippen LogP contribution in [0.4, 0.5) is 5.82 Å². The molecule has 2 aromatic rings. The Bertz CT molecular complexity index is 642. The lowest BCUT2D eigenvalue weighted by Gasteiger charge is -2.13. The molecule has 0 radical (unpaired) electrons. The molecule has 1 heterocycles. The summed E-state index contributed by atoms with van der Waals surface area (Å²) in [4.78, 5) is 23.9. The predicted octanol–water partition coefficient (Wildman–Crippen LogP) is 2.48. The van der Waals surface area contributed by atoms with Crippen molar-refractivity contribution in [1.29, 1.82) is 0 Å². The largest absolute Gasteiger partial charge is 0.480 e. The molecule has 1 aromatic carbocycles. The molecule has 0 saturated heterocycles. The Morgan fingerprint density at radius 2 is 2.05 bits per heavy atom. The van der Waals surface area contributed by atoms with Gasteiger partial charge in [-0.05, 0) is 18.6 Å². The molecule has 0 aliphatic rings. The van der Waals surface area contributed by atoms with E-state index in [1.807, 2.05) is 37.3 Å². The highest BCUT2D eigenvalue weighted by Crippen LogP contribution is 2.25. The number of carboxylic acid groups (broad SMARTS) is 1. The second-order valence-electron chi connectivity index (χ2n) is 4.61. The van der Waals surface area contributed by atoms with E-state index in [-0.39, 0.29) is 17.7 Å². The quantitative estimate of drug-likeness (QED) is 0.766. The van der Waals surface area contributed by atoms with Gasteiger partial charge in [-0.25, -0.2) is 0 Å². The molecule has 2 rings (SSSR count). The third-order valence-corrected chi connectivity index (χ3v) is 4.25. The summed E-state index contributed by atoms with van der Waals surface area (Å²) < 4.78 is 1.27. The van der Waals surface area contributed by atoms with Crippen molar-refractivity contribution in [3.05, 3.63) is 42.6 Å². The molecule has 0 spiro atoms. The van der Waals surface area contributed by atoms with Crippen LogP contribution in [-0.4, -0.2) is 32.0 Å². The number of carbonyl (C=O) groups is 2. The zero-order chi connectivity index (χ0) is 15.9. The van der Waals surface area contributed by atoms with E-state index in [1.54, 1.807) is 6.07 Å². The first-order chi connectivity index (χ1) is 10.6. The smallest absolute Gasteiger partial charge is 0.325 e. The first-order valence-corrected chi connectivity index (χ1v) is 7.74. The van der Waals surface area contributed by atoms with Gasteiger partial charge in [-0.3, -0.25) is 14.3 Å². The monoisotopic (exact) mass is 319 g/mol. The minimum Gasteiger partial charge on any atom is -0.480 e. The number of rotatable bonds is 7. The van der Waals surface area contributed by atoms with Gasteiger partial charge in [0.1, 0.15) is 6.54 Å². The number of carbonyl (C=O) groups excluding carboxylic acids is 1. The van der Waals surface area contributed by atoms with Crippen molar-refractivity contribution in [3.63, 3.8) is 0 Å². The van der Waals surface area contributed by atoms with Crippen molar-refractivity contribution in [2.75, 3.05) is 5.32 Å². The number of benzene rings is 1. The van der Waals surface area contributed by atoms with Crippen molar-refractivity contribution in [2.24, 2.45) is 0 Å². The molecule has 0 bridgehead atoms. The number of carboxylic acids is 1. The molecule has 22 heavy (non-hydrogen) atoms. The highest BCUT2D eigenvalue weighted by molar-refractivity contribution is 8.00. The Kier molecular flexibility index (Phi) is 5.60. The number of hydrogen-bond donors (Lipinski definition) is 2. The third kappa shape index (κ3) is 4.63. The van der Waals surface area contributed by atoms with Gasteiger partial charge in [0.25, 0.3) is 0 Å². The number of amides is 1. The van der Waals surface area contributed by atoms with Gasteiger partial charge < -0.3 is 10.4 Å². The number of aromatic nitrogens is 2. The second-order valence-corrected chi connectivity index (χ2v) is 5.89. The van der Waals surface area contributed by atoms with Gasteiger partial charge >= 0.3 is 5.97 Å². The van der Waals surface area contributed by atoms with Crippen LogP contribution in [0.1, 0.15) is 13.3 Å². The van der Waals surface area contributed by atoms with E-state index in [4.69, 9.17) is 5.11 Å². The number of aliphatic carboxylic acids is 1. The van der Waals surface area contributed by atoms with Gasteiger partial charge in [-0.15, -0.1) is 11.8 Å². The molecule has 2 N–H and O–H groups in total. The Labute approximate surface area is 132 Å². The summed E-state index contributed by atoms with van der Waals surface area (Å²) in [6.45, 7) is 1.72. The lowest BCUT2D eigenvalue weighted by atomic mass is 10.3. The van der Waals surface area contributed by atoms with Crippen LogP contribution in [0.25, 0.3) is 0 Å². The number of thioether (sulfide) groups is 1. The minimum atomic E-state index is -0.980. The SMILES string of the molecule is CCC(Sc1ccccc1)C(=O)Nc1ccn(CC(=O)O)n1. The highest BCUT2D eigenvalue weighted by Gasteiger charge is 2.18. The molecule has 1 aromatic heterocycles. The van der Waals surface area contributed by atoms with Crippen molar-refractivity contribution in [3.8, 4) is 0 Å². The van der Waals surface area contributed by atoms with Crippen LogP contribution < -0.4 is 5.32 Å². The van der Waals surface area contributed by atoms with Crippen LogP contribution in [0.3, 0.4) is 0 Å². The molecule has 0 aliphatic carbocycles. The van der Waals surface area contributed by atoms with Crippen LogP contribution in [0.2, 0.25) is 0 Å². The summed E-state index contributed by atoms with van der Waals surface area (Å²) in [5.41, 5.74) is 0. The lowest BCUT2D eigenvalue weighted by molar-refractivity contribution is -0.137. The Morgan fingerprint density at radius 1 is 1.32 bits per heavy atom. The number of anilines is 1. The van der Waals surface area contributed by atoms with E-state index < -0.39 is 5.97 Å². The zero-order valence-corrected chi connectivity index (χ0v) is 12.9. The van der Waals surface area contributed by atoms with Gasteiger partial charge in [0, 0.05) is 17.2 Å². The van der Waals surface area contributed by atoms with Crippen LogP contribution in [0.5, 0.6) is 0 Å². The molecule has 0 fully saturated rings. The van der Waals surface area contributed by atoms with Crippen LogP contribution >= 0.6 is 11.8 Å². The minimum absolute atomic E-state index is 0.142. The Balaban J connectivity index is 1.97. The average Bonchev–Trinajstić information content (AvgIpc) is 2.92. The van der Waals surface area contributed by atoms with E-state index in [0.29, 0.717) is 12.2 Å². The third-order valence-electron chi connectivity index (χ3n) is 2.87. The topological polar surface area (TPSA) is 84.2 Å². The highest BCUT2D eigenvalue weighted by atomic mass is 32.2. The second kappa shape index (κ2) is 7.65. The molecule has 116 valence electrons. The fourth-order valence-corrected chi connectivity index (χ4v) is 2.82. The fourth-order valence-electron chi connectivity index (χ4n) is 1.85. The van der Waals surface area contributed by atoms with Crippen molar-refractivity contribution >= 4 is 29.5 Å². The van der Waals surface area contributed by atoms with Gasteiger partial charge in [0.05, 0.1) is 5.25 Å². The lowest BCUT2D eigenvalue weighted by Crippen LogP contribution is -2.25. The maximum atomic E-state index is 12.3. The van der Waals surface area contributed by atoms with Gasteiger partial charge in [0.15, 0.2) is 5.82 Å². The Morgan fingerprint density at radius 3 is 2.68 bits per heavy atom. The van der Waals surface area contributed by atoms with Crippen molar-refractivity contribution < 1.29 is 14.7 Å². The molecule has 1 unspecified atom stereocenters. The molecule has 0 saturated carbocycles. The number of hydrogen-bond acceptors (Lipinski definition) is 4. The summed E-state index contributed by atoms with van der Waals surface area (Å²) >= 11 is 1.49. The van der Waals surface area contributed by atoms with Gasteiger partial charge in [-0.2, -0.15) is 5.10 Å². The maximum absolute atomic E-state index is 12.3. The molecule has 1 amide bonds. The van der Waals surface area contributed by atoms with E-state index in [2.05, 4.69) is 10.4 Å². The fraction of sp³-hybridized carbons (Fsp3) is 0.267. The first-order valence-electron chi connectivity index (χ1n) is 6.86. The van der Waals surface area contributed by atoms with E-state index in [9.17, 15) is 9.59 Å². The normalized spacial score (nSPS) is 11.9. The van der Waals surface area contributed by atoms with Crippen LogP contribution in [-0.2, 0) is 16.1 Å². The molecular weight excluding hydrogens is 302 g/mol. The molecule has 1 atom stereocenters. The average molecular weight is 319 g/mol. The molecule has 7 heteroatoms. The van der Waals surface area contributed by atoms with Crippen molar-refractivity contribution in [1.82, 2.24) is 9.78 Å². The summed E-state index contributed by atoms with van der Waals surface area (Å²) in [6.07, 6.45) is 2.20. The van der Waals surface area contributed by atoms with E-state index in [1.165, 1.54) is 22.6 Å². The zero-order valence-electron chi connectivity index (χ0n) is 12.1. The maximum Gasteiger partial charge on any atom is 0.325 e. The van der Waals surface area contributed by atoms with Crippen molar-refractivity contribution in [2.45, 2.75) is 30.0 Å². The van der Waals surface area contributed by atoms with Crippen LogP contribution in [0.15, 0.2) is 47.5 Å². The summed E-state index contributed by atoms with van der Waals surface area (Å²) in [5, 5.41) is 15.2. The Hall–Kier alpha value is -2.28. The summed E-state index contributed by atoms with van der Waals surface area (Å²) in [6, 6.07) is 11.3. The predicted molar refractivity (Wildman–Crippen MR) is 84.9 cm³/mol. The standard InChI is InChI=1S/C15H17N3O3S/c1-2-12(22-11-6-4-3-5-7-11)15(21)16-13-8-9-18(17-13)10-14(19)20/h3-9,12H,2,10H2,1H3,(H,19,20)(H,16,17,21). The molecule has 6 nitrogen and oxygen atoms in total. The van der Waals surface area contributed by atoms with Crippen LogP contribution in [0, 0.1) is 0 Å². The van der Waals surface area contributed by atoms with E-state index in [0.717, 1.165) is 4.90 Å². The van der Waals surface area contributed by atoms with E-state index >= 15 is 0 Å². The number of nitrogens with one attached hydrogen (secondary N) is 1.